The van der Waals surface area contributed by atoms with Crippen molar-refractivity contribution in [1.82, 2.24) is 4.90 Å². The molecule has 0 bridgehead atoms. The van der Waals surface area contributed by atoms with Crippen LogP contribution in [0.3, 0.4) is 0 Å². The van der Waals surface area contributed by atoms with Gasteiger partial charge in [-0.2, -0.15) is 0 Å². The van der Waals surface area contributed by atoms with E-state index in [4.69, 9.17) is 28.9 Å². The zero-order valence-electron chi connectivity index (χ0n) is 12.2. The van der Waals surface area contributed by atoms with Crippen LogP contribution in [0.1, 0.15) is 16.7 Å². The summed E-state index contributed by atoms with van der Waals surface area (Å²) in [4.78, 5) is 14.4. The summed E-state index contributed by atoms with van der Waals surface area (Å²) in [6.45, 7) is 1.19. The molecular weight excluding hydrogens is 399 g/mol. The minimum absolute atomic E-state index is 0.0664. The maximum absolute atomic E-state index is 12.6. The van der Waals surface area contributed by atoms with Gasteiger partial charge in [-0.3, -0.25) is 4.79 Å². The van der Waals surface area contributed by atoms with Crippen molar-refractivity contribution in [2.75, 3.05) is 0 Å². The van der Waals surface area contributed by atoms with Gasteiger partial charge in [0.15, 0.2) is 0 Å². The predicted molar refractivity (Wildman–Crippen MR) is 96.5 cm³/mol. The van der Waals surface area contributed by atoms with Crippen LogP contribution in [0.25, 0.3) is 0 Å². The summed E-state index contributed by atoms with van der Waals surface area (Å²) < 4.78 is 1.02. The van der Waals surface area contributed by atoms with Crippen molar-refractivity contribution in [3.63, 3.8) is 0 Å². The van der Waals surface area contributed by atoms with Crippen LogP contribution < -0.4 is 5.73 Å². The summed E-state index contributed by atoms with van der Waals surface area (Å²) in [5, 5.41) is 1.11. The third-order valence-electron chi connectivity index (χ3n) is 3.97. The summed E-state index contributed by atoms with van der Waals surface area (Å²) in [5.41, 5.74) is 9.26. The molecular formula is C17H15BrCl2N2O. The van der Waals surface area contributed by atoms with E-state index in [-0.39, 0.29) is 5.91 Å². The Balaban J connectivity index is 1.69. The SMILES string of the molecule is N[C@H](Cc1ccc(Cl)cc1Cl)C(=O)N1Cc2ccc(Br)cc2C1. The summed E-state index contributed by atoms with van der Waals surface area (Å²) in [7, 11) is 0. The van der Waals surface area contributed by atoms with Gasteiger partial charge in [-0.05, 0) is 47.4 Å². The molecule has 0 saturated heterocycles. The van der Waals surface area contributed by atoms with Crippen molar-refractivity contribution >= 4 is 45.0 Å². The molecule has 0 aromatic heterocycles. The van der Waals surface area contributed by atoms with Gasteiger partial charge in [0, 0.05) is 27.6 Å². The highest BCUT2D eigenvalue weighted by atomic mass is 79.9. The van der Waals surface area contributed by atoms with Gasteiger partial charge in [0.2, 0.25) is 5.91 Å². The Labute approximate surface area is 153 Å². The minimum Gasteiger partial charge on any atom is -0.333 e. The van der Waals surface area contributed by atoms with Crippen molar-refractivity contribution in [3.05, 3.63) is 67.6 Å². The van der Waals surface area contributed by atoms with Crippen molar-refractivity contribution in [3.8, 4) is 0 Å². The Morgan fingerprint density at radius 2 is 1.91 bits per heavy atom. The number of carbonyl (C=O) groups is 1. The number of fused-ring (bicyclic) bond motifs is 1. The fourth-order valence-electron chi connectivity index (χ4n) is 2.76. The first-order chi connectivity index (χ1) is 10.9. The van der Waals surface area contributed by atoms with Gasteiger partial charge in [0.05, 0.1) is 6.04 Å². The second-order valence-corrected chi connectivity index (χ2v) is 7.41. The van der Waals surface area contributed by atoms with Crippen LogP contribution in [-0.4, -0.2) is 16.8 Å². The first-order valence-electron chi connectivity index (χ1n) is 7.19. The van der Waals surface area contributed by atoms with Crippen molar-refractivity contribution in [2.45, 2.75) is 25.6 Å². The van der Waals surface area contributed by atoms with Crippen molar-refractivity contribution in [2.24, 2.45) is 5.73 Å². The van der Waals surface area contributed by atoms with E-state index >= 15 is 0 Å². The zero-order valence-corrected chi connectivity index (χ0v) is 15.3. The van der Waals surface area contributed by atoms with E-state index in [1.165, 1.54) is 5.56 Å². The molecule has 0 fully saturated rings. The number of amides is 1. The lowest BCUT2D eigenvalue weighted by molar-refractivity contribution is -0.133. The minimum atomic E-state index is -0.619. The van der Waals surface area contributed by atoms with E-state index < -0.39 is 6.04 Å². The normalized spacial score (nSPS) is 14.7. The molecule has 0 radical (unpaired) electrons. The maximum Gasteiger partial charge on any atom is 0.240 e. The molecule has 0 unspecified atom stereocenters. The molecule has 2 aromatic carbocycles. The Hall–Kier alpha value is -1.07. The van der Waals surface area contributed by atoms with Crippen molar-refractivity contribution in [1.29, 1.82) is 0 Å². The van der Waals surface area contributed by atoms with E-state index in [2.05, 4.69) is 15.9 Å². The van der Waals surface area contributed by atoms with Crippen molar-refractivity contribution < 1.29 is 4.79 Å². The highest BCUT2D eigenvalue weighted by Gasteiger charge is 2.27. The van der Waals surface area contributed by atoms with Gasteiger partial charge >= 0.3 is 0 Å². The first kappa shape index (κ1) is 16.8. The molecule has 3 nitrogen and oxygen atoms in total. The van der Waals surface area contributed by atoms with Crippen LogP contribution in [0, 0.1) is 0 Å². The average molecular weight is 414 g/mol. The molecule has 1 aliphatic rings. The zero-order chi connectivity index (χ0) is 16.6. The maximum atomic E-state index is 12.6. The lowest BCUT2D eigenvalue weighted by atomic mass is 10.1. The lowest BCUT2D eigenvalue weighted by Crippen LogP contribution is -2.42. The van der Waals surface area contributed by atoms with Gasteiger partial charge in [-0.1, -0.05) is 51.3 Å². The lowest BCUT2D eigenvalue weighted by Gasteiger charge is -2.20. The van der Waals surface area contributed by atoms with E-state index in [1.54, 1.807) is 17.0 Å². The van der Waals surface area contributed by atoms with Crippen LogP contribution >= 0.6 is 39.1 Å². The van der Waals surface area contributed by atoms with Gasteiger partial charge in [0.1, 0.15) is 0 Å². The summed E-state index contributed by atoms with van der Waals surface area (Å²) in [6.07, 6.45) is 0.394. The number of carbonyl (C=O) groups excluding carboxylic acids is 1. The Bertz CT molecular complexity index is 766. The van der Waals surface area contributed by atoms with E-state index in [9.17, 15) is 4.79 Å². The third kappa shape index (κ3) is 3.72. The fraction of sp³-hybridized carbons (Fsp3) is 0.235. The molecule has 0 aliphatic carbocycles. The van der Waals surface area contributed by atoms with Crippen LogP contribution in [0.4, 0.5) is 0 Å². The Morgan fingerprint density at radius 1 is 1.17 bits per heavy atom. The second-order valence-electron chi connectivity index (χ2n) is 5.65. The quantitative estimate of drug-likeness (QED) is 0.820. The number of benzene rings is 2. The summed E-state index contributed by atoms with van der Waals surface area (Å²) >= 11 is 15.5. The number of rotatable bonds is 3. The number of nitrogens with two attached hydrogens (primary N) is 1. The average Bonchev–Trinajstić information content (AvgIpc) is 2.92. The van der Waals surface area contributed by atoms with Gasteiger partial charge < -0.3 is 10.6 Å². The Morgan fingerprint density at radius 3 is 2.65 bits per heavy atom. The third-order valence-corrected chi connectivity index (χ3v) is 5.05. The Kier molecular flexibility index (Phi) is 4.97. The van der Waals surface area contributed by atoms with Crippen LogP contribution in [0.5, 0.6) is 0 Å². The smallest absolute Gasteiger partial charge is 0.240 e. The van der Waals surface area contributed by atoms with E-state index in [0.29, 0.717) is 29.6 Å². The molecule has 0 saturated carbocycles. The van der Waals surface area contributed by atoms with Crippen LogP contribution in [-0.2, 0) is 24.3 Å². The number of nitrogens with zero attached hydrogens (tertiary/aromatic N) is 1. The highest BCUT2D eigenvalue weighted by Crippen LogP contribution is 2.27. The molecule has 0 spiro atoms. The standard InChI is InChI=1S/C17H15BrCl2N2O/c18-13-3-1-11-8-22(9-12(11)5-13)17(23)16(21)6-10-2-4-14(19)7-15(10)20/h1-5,7,16H,6,8-9,21H2/t16-/m1/s1. The second kappa shape index (κ2) is 6.81. The summed E-state index contributed by atoms with van der Waals surface area (Å²) in [5.74, 6) is -0.0664. The fourth-order valence-corrected chi connectivity index (χ4v) is 3.66. The van der Waals surface area contributed by atoms with E-state index in [0.717, 1.165) is 15.6 Å². The number of hydrogen-bond donors (Lipinski definition) is 1. The van der Waals surface area contributed by atoms with Crippen LogP contribution in [0.15, 0.2) is 40.9 Å². The molecule has 120 valence electrons. The topological polar surface area (TPSA) is 46.3 Å². The summed E-state index contributed by atoms with van der Waals surface area (Å²) in [6, 6.07) is 10.7. The van der Waals surface area contributed by atoms with E-state index in [1.807, 2.05) is 24.3 Å². The van der Waals surface area contributed by atoms with Gasteiger partial charge in [-0.15, -0.1) is 0 Å². The predicted octanol–water partition coefficient (Wildman–Crippen LogP) is 4.17. The van der Waals surface area contributed by atoms with Gasteiger partial charge in [0.25, 0.3) is 0 Å². The first-order valence-corrected chi connectivity index (χ1v) is 8.74. The molecule has 3 rings (SSSR count). The molecule has 6 heteroatoms. The highest BCUT2D eigenvalue weighted by molar-refractivity contribution is 9.10. The molecule has 1 heterocycles. The molecule has 2 N–H and O–H groups in total. The number of halogens is 3. The molecule has 1 aliphatic heterocycles. The molecule has 1 amide bonds. The molecule has 2 aromatic rings. The van der Waals surface area contributed by atoms with Crippen LogP contribution in [0.2, 0.25) is 10.0 Å². The number of hydrogen-bond acceptors (Lipinski definition) is 2. The monoisotopic (exact) mass is 412 g/mol. The molecule has 1 atom stereocenters. The molecule has 23 heavy (non-hydrogen) atoms. The largest absolute Gasteiger partial charge is 0.333 e. The van der Waals surface area contributed by atoms with Gasteiger partial charge in [-0.25, -0.2) is 0 Å².